The Morgan fingerprint density at radius 2 is 2.19 bits per heavy atom. The number of pyridine rings is 1. The fraction of sp³-hybridized carbons (Fsp3) is 0.250. The molecule has 2 aromatic heterocycles. The van der Waals surface area contributed by atoms with Crippen molar-refractivity contribution in [3.63, 3.8) is 0 Å². The topological polar surface area (TPSA) is 73.0 Å². The van der Waals surface area contributed by atoms with Gasteiger partial charge in [-0.15, -0.1) is 10.2 Å². The van der Waals surface area contributed by atoms with Crippen LogP contribution in [0.5, 0.6) is 0 Å². The van der Waals surface area contributed by atoms with Gasteiger partial charge in [0, 0.05) is 26.8 Å². The molecule has 136 valence electrons. The van der Waals surface area contributed by atoms with E-state index in [2.05, 4.69) is 31.1 Å². The molecule has 4 rings (SSSR count). The van der Waals surface area contributed by atoms with Crippen molar-refractivity contribution in [1.29, 1.82) is 0 Å². The van der Waals surface area contributed by atoms with Crippen LogP contribution in [0.15, 0.2) is 52.1 Å². The van der Waals surface area contributed by atoms with Crippen LogP contribution in [0, 0.1) is 6.85 Å². The van der Waals surface area contributed by atoms with Crippen molar-refractivity contribution in [2.75, 3.05) is 0 Å². The Morgan fingerprint density at radius 1 is 1.30 bits per heavy atom. The molecule has 7 heteroatoms. The molecule has 0 N–H and O–H groups in total. The molecule has 0 bridgehead atoms. The summed E-state index contributed by atoms with van der Waals surface area (Å²) in [6.07, 6.45) is 2.36. The molecule has 3 aromatic rings. The van der Waals surface area contributed by atoms with Gasteiger partial charge in [0.15, 0.2) is 5.82 Å². The van der Waals surface area contributed by atoms with Crippen LogP contribution in [0.2, 0.25) is 0 Å². The third kappa shape index (κ3) is 3.35. The van der Waals surface area contributed by atoms with E-state index in [1.165, 1.54) is 6.92 Å². The summed E-state index contributed by atoms with van der Waals surface area (Å²) in [5.74, 6) is 0.291. The molecule has 1 aromatic carbocycles. The molecule has 0 saturated carbocycles. The van der Waals surface area contributed by atoms with E-state index in [-0.39, 0.29) is 11.6 Å². The van der Waals surface area contributed by atoms with Gasteiger partial charge in [-0.2, -0.15) is 0 Å². The number of benzene rings is 1. The normalized spacial score (nSPS) is 17.6. The first-order valence-corrected chi connectivity index (χ1v) is 9.29. The number of fused-ring (bicyclic) bond motifs is 3. The number of aliphatic imine (C=N–C) groups is 1. The number of halogens is 1. The maximum Gasteiger partial charge on any atom is 0.162 e. The van der Waals surface area contributed by atoms with Gasteiger partial charge in [0.05, 0.1) is 17.1 Å². The largest absolute Gasteiger partial charge is 0.300 e. The van der Waals surface area contributed by atoms with Gasteiger partial charge in [-0.25, -0.2) is 0 Å². The predicted molar refractivity (Wildman–Crippen MR) is 106 cm³/mol. The summed E-state index contributed by atoms with van der Waals surface area (Å²) in [4.78, 5) is 21.0. The molecule has 3 heterocycles. The first kappa shape index (κ1) is 14.4. The number of aryl methyl sites for hydroxylation is 1. The molecule has 6 nitrogen and oxygen atoms in total. The highest BCUT2D eigenvalue weighted by Gasteiger charge is 2.28. The molecule has 0 radical (unpaired) electrons. The van der Waals surface area contributed by atoms with Crippen LogP contribution in [0.3, 0.4) is 0 Å². The second kappa shape index (κ2) is 7.15. The Labute approximate surface area is 169 Å². The average molecular weight is 427 g/mol. The number of carbonyl (C=O) groups excluding carboxylic acids is 1. The fourth-order valence-electron chi connectivity index (χ4n) is 3.17. The molecule has 27 heavy (non-hydrogen) atoms. The minimum absolute atomic E-state index is 0.0243. The van der Waals surface area contributed by atoms with Gasteiger partial charge in [-0.1, -0.05) is 22.0 Å². The van der Waals surface area contributed by atoms with Gasteiger partial charge in [0.2, 0.25) is 0 Å². The van der Waals surface area contributed by atoms with Gasteiger partial charge >= 0.3 is 0 Å². The second-order valence-electron chi connectivity index (χ2n) is 6.33. The molecule has 1 atom stereocenters. The number of aromatic nitrogens is 4. The minimum Gasteiger partial charge on any atom is -0.300 e. The van der Waals surface area contributed by atoms with Crippen molar-refractivity contribution >= 4 is 27.4 Å². The van der Waals surface area contributed by atoms with Crippen LogP contribution in [-0.4, -0.2) is 31.2 Å². The quantitative estimate of drug-likeness (QED) is 0.631. The molecule has 1 aliphatic rings. The number of Topliss-reactive ketones (excluding diaryl/α,β-unsaturated/α-hetero) is 1. The van der Waals surface area contributed by atoms with Crippen molar-refractivity contribution in [3.8, 4) is 5.69 Å². The summed E-state index contributed by atoms with van der Waals surface area (Å²) in [6, 6.07) is 10.5. The van der Waals surface area contributed by atoms with E-state index in [9.17, 15) is 4.79 Å². The smallest absolute Gasteiger partial charge is 0.162 e. The number of carbonyl (C=O) groups is 1. The lowest BCUT2D eigenvalue weighted by molar-refractivity contribution is -0.117. The standard InChI is InChI=1S/C20H18BrN5O/c1-12(27)6-8-17-20-25-24-13(2)26(20)18-9-7-14(21)11-15(18)19(23-17)16-5-3-4-10-22-16/h3-5,7,9-11,17H,6,8H2,1-2H3/t17-/m0/s1/i2D3. The summed E-state index contributed by atoms with van der Waals surface area (Å²) in [5.41, 5.74) is 2.58. The van der Waals surface area contributed by atoms with E-state index in [0.717, 1.165) is 4.47 Å². The fourth-order valence-corrected chi connectivity index (χ4v) is 3.53. The van der Waals surface area contributed by atoms with Crippen molar-refractivity contribution in [2.24, 2.45) is 4.99 Å². The van der Waals surface area contributed by atoms with E-state index >= 15 is 0 Å². The SMILES string of the molecule is [2H]C([2H])([2H])c1nnc2n1-c1ccc(Br)cc1C(c1ccccn1)=N[C@H]2CCC(C)=O. The third-order valence-electron chi connectivity index (χ3n) is 4.40. The lowest BCUT2D eigenvalue weighted by Crippen LogP contribution is -2.09. The Morgan fingerprint density at radius 3 is 2.93 bits per heavy atom. The van der Waals surface area contributed by atoms with Crippen LogP contribution in [0.4, 0.5) is 0 Å². The molecular weight excluding hydrogens is 406 g/mol. The number of ketones is 1. The van der Waals surface area contributed by atoms with Crippen molar-refractivity contribution in [3.05, 3.63) is 70.0 Å². The van der Waals surface area contributed by atoms with Gasteiger partial charge in [-0.05, 0) is 50.5 Å². The molecular formula is C20H18BrN5O. The summed E-state index contributed by atoms with van der Waals surface area (Å²) in [5, 5.41) is 8.17. The summed E-state index contributed by atoms with van der Waals surface area (Å²) < 4.78 is 26.2. The third-order valence-corrected chi connectivity index (χ3v) is 4.90. The second-order valence-corrected chi connectivity index (χ2v) is 7.24. The zero-order valence-electron chi connectivity index (χ0n) is 17.6. The van der Waals surface area contributed by atoms with Crippen LogP contribution in [0.25, 0.3) is 5.69 Å². The minimum atomic E-state index is -2.46. The van der Waals surface area contributed by atoms with Crippen LogP contribution >= 0.6 is 15.9 Å². The summed E-state index contributed by atoms with van der Waals surface area (Å²) >= 11 is 3.50. The monoisotopic (exact) mass is 426 g/mol. The van der Waals surface area contributed by atoms with Crippen LogP contribution in [0.1, 0.15) is 52.8 Å². The maximum atomic E-state index is 11.7. The molecule has 0 amide bonds. The zero-order valence-corrected chi connectivity index (χ0v) is 16.1. The first-order valence-electron chi connectivity index (χ1n) is 10.0. The molecule has 1 aliphatic heterocycles. The highest BCUT2D eigenvalue weighted by Crippen LogP contribution is 2.33. The van der Waals surface area contributed by atoms with Gasteiger partial charge in [0.1, 0.15) is 17.6 Å². The van der Waals surface area contributed by atoms with Gasteiger partial charge in [0.25, 0.3) is 0 Å². The van der Waals surface area contributed by atoms with E-state index < -0.39 is 12.9 Å². The maximum absolute atomic E-state index is 11.7. The lowest BCUT2D eigenvalue weighted by atomic mass is 10.0. The van der Waals surface area contributed by atoms with Crippen molar-refractivity contribution in [2.45, 2.75) is 32.7 Å². The molecule has 0 fully saturated rings. The molecule has 0 unspecified atom stereocenters. The van der Waals surface area contributed by atoms with Gasteiger partial charge in [-0.3, -0.25) is 14.5 Å². The van der Waals surface area contributed by atoms with E-state index in [0.29, 0.717) is 41.3 Å². The summed E-state index contributed by atoms with van der Waals surface area (Å²) in [6.45, 7) is -0.944. The number of nitrogens with zero attached hydrogens (tertiary/aromatic N) is 5. The number of rotatable bonds is 4. The van der Waals surface area contributed by atoms with Crippen molar-refractivity contribution in [1.82, 2.24) is 19.7 Å². The van der Waals surface area contributed by atoms with Crippen molar-refractivity contribution < 1.29 is 8.91 Å². The molecule has 0 spiro atoms. The number of hydrogen-bond acceptors (Lipinski definition) is 5. The van der Waals surface area contributed by atoms with E-state index in [4.69, 9.17) is 9.10 Å². The Bertz CT molecular complexity index is 1140. The van der Waals surface area contributed by atoms with E-state index in [1.54, 1.807) is 10.8 Å². The average Bonchev–Trinajstić information content (AvgIpc) is 3.09. The van der Waals surface area contributed by atoms with Crippen LogP contribution in [-0.2, 0) is 4.79 Å². The zero-order chi connectivity index (χ0) is 21.5. The number of hydrogen-bond donors (Lipinski definition) is 0. The van der Waals surface area contributed by atoms with Crippen LogP contribution < -0.4 is 0 Å². The Hall–Kier alpha value is -2.67. The first-order chi connectivity index (χ1) is 14.3. The highest BCUT2D eigenvalue weighted by molar-refractivity contribution is 9.10. The lowest BCUT2D eigenvalue weighted by Gasteiger charge is -2.12. The Kier molecular flexibility index (Phi) is 3.81. The molecule has 0 aliphatic carbocycles. The highest BCUT2D eigenvalue weighted by atomic mass is 79.9. The molecule has 0 saturated heterocycles. The Balaban J connectivity index is 2.02. The summed E-state index contributed by atoms with van der Waals surface area (Å²) in [7, 11) is 0. The predicted octanol–water partition coefficient (Wildman–Crippen LogP) is 3.99. The van der Waals surface area contributed by atoms with Gasteiger partial charge < -0.3 is 4.79 Å². The van der Waals surface area contributed by atoms with E-state index in [1.807, 2.05) is 36.4 Å².